The van der Waals surface area contributed by atoms with Crippen LogP contribution in [0.25, 0.3) is 0 Å². The molecule has 0 aromatic rings. The zero-order valence-electron chi connectivity index (χ0n) is 10.9. The Hall–Kier alpha value is -1.29. The van der Waals surface area contributed by atoms with Gasteiger partial charge < -0.3 is 14.6 Å². The standard InChI is InChI=1S/C11H14F6O4/c1-3-8(18)21-7(6-20-2)4-5-9(19,10(12,13)14)11(15,16)17/h3,7,19H,1,4-6H2,2H3. The topological polar surface area (TPSA) is 55.8 Å². The number of aliphatic hydroxyl groups is 1. The highest BCUT2D eigenvalue weighted by atomic mass is 19.4. The molecule has 0 fully saturated rings. The lowest BCUT2D eigenvalue weighted by Crippen LogP contribution is -2.57. The van der Waals surface area contributed by atoms with Crippen LogP contribution in [0.15, 0.2) is 12.7 Å². The van der Waals surface area contributed by atoms with E-state index in [1.165, 1.54) is 0 Å². The van der Waals surface area contributed by atoms with Crippen molar-refractivity contribution < 1.29 is 45.7 Å². The van der Waals surface area contributed by atoms with Crippen molar-refractivity contribution in [2.45, 2.75) is 36.9 Å². The van der Waals surface area contributed by atoms with Crippen molar-refractivity contribution in [3.05, 3.63) is 12.7 Å². The predicted molar refractivity (Wildman–Crippen MR) is 58.2 cm³/mol. The number of esters is 1. The SMILES string of the molecule is C=CC(=O)OC(CCC(O)(C(F)(F)F)C(F)(F)F)COC. The van der Waals surface area contributed by atoms with Gasteiger partial charge >= 0.3 is 18.3 Å². The van der Waals surface area contributed by atoms with Gasteiger partial charge in [-0.25, -0.2) is 4.79 Å². The summed E-state index contributed by atoms with van der Waals surface area (Å²) in [4.78, 5) is 10.9. The van der Waals surface area contributed by atoms with Gasteiger partial charge in [0.15, 0.2) is 0 Å². The highest BCUT2D eigenvalue weighted by Crippen LogP contribution is 2.46. The maximum absolute atomic E-state index is 12.4. The van der Waals surface area contributed by atoms with E-state index < -0.39 is 49.5 Å². The van der Waals surface area contributed by atoms with Crippen LogP contribution in [0.1, 0.15) is 12.8 Å². The number of carbonyl (C=O) groups excluding carboxylic acids is 1. The van der Waals surface area contributed by atoms with Crippen molar-refractivity contribution in [1.82, 2.24) is 0 Å². The normalized spacial score (nSPS) is 14.7. The van der Waals surface area contributed by atoms with Crippen LogP contribution in [0.3, 0.4) is 0 Å². The Morgan fingerprint density at radius 1 is 1.24 bits per heavy atom. The summed E-state index contributed by atoms with van der Waals surface area (Å²) in [5.74, 6) is -1.03. The molecule has 10 heteroatoms. The minimum absolute atomic E-state index is 0.425. The maximum atomic E-state index is 12.4. The van der Waals surface area contributed by atoms with Gasteiger partial charge in [-0.05, 0) is 12.8 Å². The summed E-state index contributed by atoms with van der Waals surface area (Å²) >= 11 is 0. The van der Waals surface area contributed by atoms with Gasteiger partial charge in [-0.15, -0.1) is 0 Å². The summed E-state index contributed by atoms with van der Waals surface area (Å²) in [6.45, 7) is 2.61. The fourth-order valence-corrected chi connectivity index (χ4v) is 1.39. The molecule has 0 aliphatic rings. The zero-order chi connectivity index (χ0) is 16.9. The first-order valence-corrected chi connectivity index (χ1v) is 5.57. The maximum Gasteiger partial charge on any atom is 0.426 e. The summed E-state index contributed by atoms with van der Waals surface area (Å²) in [5, 5.41) is 8.94. The van der Waals surface area contributed by atoms with Gasteiger partial charge in [0.1, 0.15) is 6.10 Å². The van der Waals surface area contributed by atoms with E-state index in [4.69, 9.17) is 5.11 Å². The van der Waals surface area contributed by atoms with E-state index in [0.29, 0.717) is 6.08 Å². The summed E-state index contributed by atoms with van der Waals surface area (Å²) in [6, 6.07) is 0. The van der Waals surface area contributed by atoms with E-state index in [2.05, 4.69) is 16.1 Å². The van der Waals surface area contributed by atoms with Crippen molar-refractivity contribution in [3.8, 4) is 0 Å². The second-order valence-corrected chi connectivity index (χ2v) is 4.11. The monoisotopic (exact) mass is 324 g/mol. The Morgan fingerprint density at radius 2 is 1.71 bits per heavy atom. The number of halogens is 6. The molecule has 0 rings (SSSR count). The first-order valence-electron chi connectivity index (χ1n) is 5.57. The van der Waals surface area contributed by atoms with Crippen molar-refractivity contribution in [1.29, 1.82) is 0 Å². The van der Waals surface area contributed by atoms with Crippen LogP contribution in [-0.2, 0) is 14.3 Å². The first-order chi connectivity index (χ1) is 9.39. The quantitative estimate of drug-likeness (QED) is 0.444. The number of hydrogen-bond donors (Lipinski definition) is 1. The second kappa shape index (κ2) is 7.12. The van der Waals surface area contributed by atoms with Gasteiger partial charge in [0.2, 0.25) is 0 Å². The van der Waals surface area contributed by atoms with Crippen molar-refractivity contribution in [2.75, 3.05) is 13.7 Å². The van der Waals surface area contributed by atoms with Crippen molar-refractivity contribution in [2.24, 2.45) is 0 Å². The molecule has 0 bridgehead atoms. The van der Waals surface area contributed by atoms with Crippen LogP contribution in [0.2, 0.25) is 0 Å². The highest BCUT2D eigenvalue weighted by molar-refractivity contribution is 5.81. The van der Waals surface area contributed by atoms with Gasteiger partial charge in [0.25, 0.3) is 5.60 Å². The smallest absolute Gasteiger partial charge is 0.426 e. The van der Waals surface area contributed by atoms with Crippen molar-refractivity contribution in [3.63, 3.8) is 0 Å². The average Bonchev–Trinajstić information content (AvgIpc) is 2.32. The van der Waals surface area contributed by atoms with Crippen LogP contribution in [0.5, 0.6) is 0 Å². The molecular formula is C11H14F6O4. The lowest BCUT2D eigenvalue weighted by molar-refractivity contribution is -0.370. The average molecular weight is 324 g/mol. The molecule has 1 unspecified atom stereocenters. The van der Waals surface area contributed by atoms with E-state index >= 15 is 0 Å². The Labute approximate surface area is 116 Å². The van der Waals surface area contributed by atoms with Crippen molar-refractivity contribution >= 4 is 5.97 Å². The number of hydrogen-bond acceptors (Lipinski definition) is 4. The lowest BCUT2D eigenvalue weighted by Gasteiger charge is -2.33. The first kappa shape index (κ1) is 19.7. The minimum atomic E-state index is -5.91. The molecule has 1 atom stereocenters. The molecule has 0 amide bonds. The molecule has 0 saturated carbocycles. The van der Waals surface area contributed by atoms with Crippen LogP contribution in [0.4, 0.5) is 26.3 Å². The Bertz CT molecular complexity index is 349. The predicted octanol–water partition coefficient (Wildman–Crippen LogP) is 2.37. The molecule has 21 heavy (non-hydrogen) atoms. The number of alkyl halides is 6. The van der Waals surface area contributed by atoms with Crippen LogP contribution < -0.4 is 0 Å². The summed E-state index contributed by atoms with van der Waals surface area (Å²) in [5.41, 5.74) is -4.88. The van der Waals surface area contributed by atoms with Gasteiger partial charge in [-0.1, -0.05) is 6.58 Å². The van der Waals surface area contributed by atoms with Crippen LogP contribution >= 0.6 is 0 Å². The molecule has 4 nitrogen and oxygen atoms in total. The lowest BCUT2D eigenvalue weighted by atomic mass is 9.94. The van der Waals surface area contributed by atoms with Gasteiger partial charge in [-0.2, -0.15) is 26.3 Å². The van der Waals surface area contributed by atoms with E-state index in [9.17, 15) is 31.1 Å². The molecule has 1 N–H and O–H groups in total. The van der Waals surface area contributed by atoms with Gasteiger partial charge in [-0.3, -0.25) is 0 Å². The molecule has 0 saturated heterocycles. The van der Waals surface area contributed by atoms with Gasteiger partial charge in [0.05, 0.1) is 6.61 Å². The molecule has 0 aliphatic heterocycles. The van der Waals surface area contributed by atoms with Crippen LogP contribution in [0, 0.1) is 0 Å². The number of methoxy groups -OCH3 is 1. The van der Waals surface area contributed by atoms with Crippen LogP contribution in [-0.4, -0.2) is 48.9 Å². The summed E-state index contributed by atoms with van der Waals surface area (Å²) in [6.07, 6.45) is -15.1. The minimum Gasteiger partial charge on any atom is -0.457 e. The van der Waals surface area contributed by atoms with Gasteiger partial charge in [0, 0.05) is 13.2 Å². The number of rotatable bonds is 7. The molecular weight excluding hydrogens is 310 g/mol. The zero-order valence-corrected chi connectivity index (χ0v) is 10.9. The Balaban J connectivity index is 5.02. The largest absolute Gasteiger partial charge is 0.457 e. The second-order valence-electron chi connectivity index (χ2n) is 4.11. The van der Waals surface area contributed by atoms with E-state index in [0.717, 1.165) is 7.11 Å². The van der Waals surface area contributed by atoms with E-state index in [1.807, 2.05) is 0 Å². The molecule has 0 aliphatic carbocycles. The number of ether oxygens (including phenoxy) is 2. The van der Waals surface area contributed by atoms with E-state index in [-0.39, 0.29) is 0 Å². The molecule has 0 aromatic heterocycles. The number of carbonyl (C=O) groups is 1. The molecule has 0 radical (unpaired) electrons. The fraction of sp³-hybridized carbons (Fsp3) is 0.727. The molecule has 124 valence electrons. The molecule has 0 spiro atoms. The fourth-order valence-electron chi connectivity index (χ4n) is 1.39. The third kappa shape index (κ3) is 5.20. The molecule has 0 aromatic carbocycles. The highest BCUT2D eigenvalue weighted by Gasteiger charge is 2.69. The Kier molecular flexibility index (Phi) is 6.68. The summed E-state index contributed by atoms with van der Waals surface area (Å²) < 4.78 is 83.7. The third-order valence-corrected chi connectivity index (χ3v) is 2.57. The third-order valence-electron chi connectivity index (χ3n) is 2.57. The molecule has 0 heterocycles. The Morgan fingerprint density at radius 3 is 2.05 bits per heavy atom. The summed E-state index contributed by atoms with van der Waals surface area (Å²) in [7, 11) is 1.12. The van der Waals surface area contributed by atoms with E-state index in [1.54, 1.807) is 0 Å².